The van der Waals surface area contributed by atoms with Crippen molar-refractivity contribution in [2.45, 2.75) is 38.0 Å². The van der Waals surface area contributed by atoms with Gasteiger partial charge >= 0.3 is 5.97 Å². The van der Waals surface area contributed by atoms with E-state index in [0.717, 1.165) is 25.1 Å². The van der Waals surface area contributed by atoms with Crippen molar-refractivity contribution in [3.63, 3.8) is 0 Å². The van der Waals surface area contributed by atoms with Gasteiger partial charge < -0.3 is 15.7 Å². The molecule has 5 heteroatoms. The van der Waals surface area contributed by atoms with Gasteiger partial charge in [0.2, 0.25) is 5.91 Å². The van der Waals surface area contributed by atoms with Crippen LogP contribution in [0.3, 0.4) is 0 Å². The van der Waals surface area contributed by atoms with Crippen LogP contribution in [0.15, 0.2) is 24.3 Å². The Kier molecular flexibility index (Phi) is 5.60. The predicted octanol–water partition coefficient (Wildman–Crippen LogP) is 2.35. The summed E-state index contributed by atoms with van der Waals surface area (Å²) in [6, 6.07) is 8.10. The quantitative estimate of drug-likeness (QED) is 0.642. The minimum absolute atomic E-state index is 0.0664. The number of carbonyl (C=O) groups is 2. The fourth-order valence-electron chi connectivity index (χ4n) is 2.64. The molecule has 0 bridgehead atoms. The van der Waals surface area contributed by atoms with Gasteiger partial charge in [-0.1, -0.05) is 24.6 Å². The summed E-state index contributed by atoms with van der Waals surface area (Å²) in [7, 11) is 0. The number of carbonyl (C=O) groups excluding carboxylic acids is 1. The minimum atomic E-state index is -0.758. The highest BCUT2D eigenvalue weighted by atomic mass is 16.4. The van der Waals surface area contributed by atoms with Crippen LogP contribution in [0.1, 0.15) is 43.6 Å². The molecule has 1 aliphatic heterocycles. The summed E-state index contributed by atoms with van der Waals surface area (Å²) in [5, 5.41) is 14.8. The molecule has 0 spiro atoms. The van der Waals surface area contributed by atoms with Crippen LogP contribution in [0, 0.1) is 0 Å². The molecule has 1 aliphatic rings. The van der Waals surface area contributed by atoms with E-state index in [1.54, 1.807) is 0 Å². The molecule has 1 atom stereocenters. The van der Waals surface area contributed by atoms with E-state index in [1.807, 2.05) is 18.2 Å². The van der Waals surface area contributed by atoms with Gasteiger partial charge in [0.25, 0.3) is 0 Å². The number of carboxylic acids is 1. The van der Waals surface area contributed by atoms with Crippen molar-refractivity contribution < 1.29 is 14.7 Å². The molecule has 2 rings (SSSR count). The number of nitrogens with one attached hydrogen (secondary N) is 2. The number of rotatable bonds is 8. The molecule has 1 heterocycles. The van der Waals surface area contributed by atoms with Crippen LogP contribution >= 0.6 is 0 Å². The molecule has 0 radical (unpaired) electrons. The average Bonchev–Trinajstić information content (AvgIpc) is 2.86. The highest BCUT2D eigenvalue weighted by molar-refractivity contribution is 5.78. The Hall–Kier alpha value is -2.04. The van der Waals surface area contributed by atoms with Crippen LogP contribution in [0.4, 0.5) is 5.69 Å². The second-order valence-electron chi connectivity index (χ2n) is 5.42. The van der Waals surface area contributed by atoms with E-state index >= 15 is 0 Å². The summed E-state index contributed by atoms with van der Waals surface area (Å²) in [4.78, 5) is 22.3. The normalized spacial score (nSPS) is 16.1. The Labute approximate surface area is 124 Å². The van der Waals surface area contributed by atoms with Crippen molar-refractivity contribution in [2.75, 3.05) is 18.4 Å². The maximum Gasteiger partial charge on any atom is 0.303 e. The van der Waals surface area contributed by atoms with Crippen LogP contribution in [0.25, 0.3) is 0 Å². The number of fused-ring (bicyclic) bond motifs is 1. The third kappa shape index (κ3) is 4.77. The van der Waals surface area contributed by atoms with Gasteiger partial charge in [-0.25, -0.2) is 0 Å². The van der Waals surface area contributed by atoms with E-state index in [0.29, 0.717) is 19.4 Å². The molecule has 0 saturated carbocycles. The molecule has 21 heavy (non-hydrogen) atoms. The lowest BCUT2D eigenvalue weighted by Crippen LogP contribution is -2.26. The van der Waals surface area contributed by atoms with Crippen molar-refractivity contribution in [3.8, 4) is 0 Å². The van der Waals surface area contributed by atoms with E-state index in [-0.39, 0.29) is 18.2 Å². The van der Waals surface area contributed by atoms with Crippen LogP contribution in [0.2, 0.25) is 0 Å². The van der Waals surface area contributed by atoms with Gasteiger partial charge in [-0.15, -0.1) is 0 Å². The lowest BCUT2D eigenvalue weighted by Gasteiger charge is -2.10. The fraction of sp³-hybridized carbons (Fsp3) is 0.500. The number of anilines is 1. The third-order valence-corrected chi connectivity index (χ3v) is 3.76. The second kappa shape index (κ2) is 7.67. The van der Waals surface area contributed by atoms with E-state index < -0.39 is 5.97 Å². The molecule has 1 unspecified atom stereocenters. The minimum Gasteiger partial charge on any atom is -0.481 e. The predicted molar refractivity (Wildman–Crippen MR) is 81.4 cm³/mol. The monoisotopic (exact) mass is 290 g/mol. The topological polar surface area (TPSA) is 78.4 Å². The number of benzene rings is 1. The molecule has 114 valence electrons. The highest BCUT2D eigenvalue weighted by Gasteiger charge is 2.23. The SMILES string of the molecule is O=C(O)CCCCCNC(=O)CC1CNc2ccccc21. The molecule has 5 nitrogen and oxygen atoms in total. The lowest BCUT2D eigenvalue weighted by molar-refractivity contribution is -0.137. The first-order valence-electron chi connectivity index (χ1n) is 7.48. The number of carboxylic acid groups (broad SMARTS) is 1. The van der Waals surface area contributed by atoms with Gasteiger partial charge in [0.1, 0.15) is 0 Å². The summed E-state index contributed by atoms with van der Waals surface area (Å²) in [6.45, 7) is 1.44. The Bertz CT molecular complexity index is 502. The number of unbranched alkanes of at least 4 members (excludes halogenated alkanes) is 2. The molecule has 0 saturated heterocycles. The number of hydrogen-bond acceptors (Lipinski definition) is 3. The molecule has 1 aromatic carbocycles. The van der Waals surface area contributed by atoms with Gasteiger partial charge in [-0.2, -0.15) is 0 Å². The molecular formula is C16H22N2O3. The number of amides is 1. The van der Waals surface area contributed by atoms with Crippen LogP contribution < -0.4 is 10.6 Å². The average molecular weight is 290 g/mol. The van der Waals surface area contributed by atoms with Crippen molar-refractivity contribution in [3.05, 3.63) is 29.8 Å². The third-order valence-electron chi connectivity index (χ3n) is 3.76. The number of aliphatic carboxylic acids is 1. The summed E-state index contributed by atoms with van der Waals surface area (Å²) in [5.41, 5.74) is 2.35. The smallest absolute Gasteiger partial charge is 0.303 e. The zero-order valence-corrected chi connectivity index (χ0v) is 12.1. The van der Waals surface area contributed by atoms with Crippen LogP contribution in [-0.2, 0) is 9.59 Å². The first kappa shape index (κ1) is 15.4. The summed E-state index contributed by atoms with van der Waals surface area (Å²) in [6.07, 6.45) is 3.04. The Morgan fingerprint density at radius 3 is 2.86 bits per heavy atom. The second-order valence-corrected chi connectivity index (χ2v) is 5.42. The van der Waals surface area contributed by atoms with E-state index in [1.165, 1.54) is 5.56 Å². The molecule has 3 N–H and O–H groups in total. The zero-order valence-electron chi connectivity index (χ0n) is 12.1. The lowest BCUT2D eigenvalue weighted by atomic mass is 9.97. The fourth-order valence-corrected chi connectivity index (χ4v) is 2.64. The molecule has 0 fully saturated rings. The first-order chi connectivity index (χ1) is 10.2. The number of para-hydroxylation sites is 1. The summed E-state index contributed by atoms with van der Waals surface area (Å²) >= 11 is 0. The van der Waals surface area contributed by atoms with Gasteiger partial charge in [-0.3, -0.25) is 9.59 Å². The summed E-state index contributed by atoms with van der Waals surface area (Å²) < 4.78 is 0. The van der Waals surface area contributed by atoms with E-state index in [2.05, 4.69) is 16.7 Å². The Morgan fingerprint density at radius 1 is 1.24 bits per heavy atom. The van der Waals surface area contributed by atoms with Crippen LogP contribution in [0.5, 0.6) is 0 Å². The largest absolute Gasteiger partial charge is 0.481 e. The molecular weight excluding hydrogens is 268 g/mol. The molecule has 0 aromatic heterocycles. The first-order valence-corrected chi connectivity index (χ1v) is 7.48. The Balaban J connectivity index is 1.63. The molecule has 1 aromatic rings. The maximum absolute atomic E-state index is 11.9. The van der Waals surface area contributed by atoms with Crippen LogP contribution in [-0.4, -0.2) is 30.1 Å². The van der Waals surface area contributed by atoms with Gasteiger partial charge in [0.15, 0.2) is 0 Å². The van der Waals surface area contributed by atoms with Gasteiger partial charge in [0, 0.05) is 37.5 Å². The highest BCUT2D eigenvalue weighted by Crippen LogP contribution is 2.32. The standard InChI is InChI=1S/C16H22N2O3/c19-15(17-9-5-1-2-8-16(20)21)10-12-11-18-14-7-4-3-6-13(12)14/h3-4,6-7,12,18H,1-2,5,8-11H2,(H,17,19)(H,20,21). The van der Waals surface area contributed by atoms with Gasteiger partial charge in [0.05, 0.1) is 0 Å². The van der Waals surface area contributed by atoms with E-state index in [4.69, 9.17) is 5.11 Å². The molecule has 1 amide bonds. The van der Waals surface area contributed by atoms with E-state index in [9.17, 15) is 9.59 Å². The molecule has 0 aliphatic carbocycles. The zero-order chi connectivity index (χ0) is 15.1. The summed E-state index contributed by atoms with van der Waals surface area (Å²) in [5.74, 6) is -0.448. The van der Waals surface area contributed by atoms with Crippen molar-refractivity contribution in [1.29, 1.82) is 0 Å². The number of hydrogen-bond donors (Lipinski definition) is 3. The van der Waals surface area contributed by atoms with Crippen molar-refractivity contribution in [1.82, 2.24) is 5.32 Å². The van der Waals surface area contributed by atoms with Gasteiger partial charge in [-0.05, 0) is 24.5 Å². The van der Waals surface area contributed by atoms with Crippen molar-refractivity contribution >= 4 is 17.6 Å². The maximum atomic E-state index is 11.9. The van der Waals surface area contributed by atoms with Crippen molar-refractivity contribution in [2.24, 2.45) is 0 Å². The Morgan fingerprint density at radius 2 is 2.05 bits per heavy atom.